The van der Waals surface area contributed by atoms with E-state index in [1.54, 1.807) is 0 Å². The number of carbonyl (C=O) groups excluding carboxylic acids is 2. The predicted molar refractivity (Wildman–Crippen MR) is 153 cm³/mol. The van der Waals surface area contributed by atoms with Crippen molar-refractivity contribution < 1.29 is 28.5 Å². The Labute approximate surface area is 243 Å². The van der Waals surface area contributed by atoms with Gasteiger partial charge in [-0.2, -0.15) is 5.10 Å². The Morgan fingerprint density at radius 3 is 1.86 bits per heavy atom. The van der Waals surface area contributed by atoms with Gasteiger partial charge in [-0.05, 0) is 16.7 Å². The van der Waals surface area contributed by atoms with Crippen LogP contribution in [0.25, 0.3) is 0 Å². The molecule has 1 aromatic heterocycles. The van der Waals surface area contributed by atoms with Gasteiger partial charge < -0.3 is 24.7 Å². The Bertz CT molecular complexity index is 1450. The summed E-state index contributed by atoms with van der Waals surface area (Å²) in [6.45, 7) is 1.06. The number of nitrogens with zero attached hydrogens (tertiary/aromatic N) is 1. The highest BCUT2D eigenvalue weighted by Gasteiger charge is 2.49. The van der Waals surface area contributed by atoms with Crippen LogP contribution >= 0.6 is 0 Å². The number of carbonyl (C=O) groups is 2. The van der Waals surface area contributed by atoms with Crippen molar-refractivity contribution in [1.82, 2.24) is 15.6 Å². The maximum Gasteiger partial charge on any atom is 0.270 e. The van der Waals surface area contributed by atoms with Crippen LogP contribution in [0.4, 0.5) is 0 Å². The molecule has 42 heavy (non-hydrogen) atoms. The monoisotopic (exact) mass is 571 g/mol. The predicted octanol–water partition coefficient (Wildman–Crippen LogP) is 2.94. The molecule has 0 radical (unpaired) electrons. The topological polar surface area (TPSA) is 164 Å². The molecule has 0 aliphatic carbocycles. The number of amides is 2. The van der Waals surface area contributed by atoms with Crippen LogP contribution < -0.4 is 17.0 Å². The molecule has 0 saturated carbocycles. The van der Waals surface area contributed by atoms with Gasteiger partial charge in [0.05, 0.1) is 37.7 Å². The van der Waals surface area contributed by atoms with Crippen LogP contribution in [0.5, 0.6) is 0 Å². The standard InChI is InChI=1S/C31H33N5O6/c32-30(37)26-24(31(38)34-33)25(35-36-26)28-29(41-18-22-14-8-3-9-15-22)27(40-17-21-12-6-2-7-13-21)23(42-28)19-39-16-20-10-4-1-5-11-20/h1-15,23,27-29H,16-19,33H2,(H2,32,37)(H,34,38)(H,35,36). The van der Waals surface area contributed by atoms with Gasteiger partial charge in [-0.1, -0.05) is 91.0 Å². The molecule has 4 unspecified atom stereocenters. The fourth-order valence-electron chi connectivity index (χ4n) is 4.92. The van der Waals surface area contributed by atoms with Crippen molar-refractivity contribution >= 4 is 11.8 Å². The molecule has 6 N–H and O–H groups in total. The maximum atomic E-state index is 12.8. The SMILES string of the molecule is NNC(=O)c1c(C(N)=O)n[nH]c1C1OC(COCc2ccccc2)C(OCc2ccccc2)C1OCc1ccccc1. The Hall–Kier alpha value is -4.39. The molecule has 3 aromatic carbocycles. The summed E-state index contributed by atoms with van der Waals surface area (Å²) in [6.07, 6.45) is -2.85. The molecule has 4 atom stereocenters. The summed E-state index contributed by atoms with van der Waals surface area (Å²) in [5.41, 5.74) is 10.3. The fourth-order valence-corrected chi connectivity index (χ4v) is 4.92. The molecule has 2 amide bonds. The van der Waals surface area contributed by atoms with Gasteiger partial charge in [0.15, 0.2) is 5.69 Å². The van der Waals surface area contributed by atoms with Crippen molar-refractivity contribution in [1.29, 1.82) is 0 Å². The number of benzene rings is 3. The lowest BCUT2D eigenvalue weighted by Gasteiger charge is -2.25. The Balaban J connectivity index is 1.47. The number of ether oxygens (including phenoxy) is 4. The van der Waals surface area contributed by atoms with E-state index in [0.29, 0.717) is 6.61 Å². The number of hydrogen-bond acceptors (Lipinski definition) is 8. The summed E-state index contributed by atoms with van der Waals surface area (Å²) in [7, 11) is 0. The first-order chi connectivity index (χ1) is 20.5. The molecule has 1 fully saturated rings. The molecular formula is C31H33N5O6. The second-order valence-electron chi connectivity index (χ2n) is 9.82. The number of nitrogen functional groups attached to an aromatic ring is 1. The highest BCUT2D eigenvalue weighted by molar-refractivity contribution is 6.06. The maximum absolute atomic E-state index is 12.8. The summed E-state index contributed by atoms with van der Waals surface area (Å²) in [4.78, 5) is 24.9. The second-order valence-corrected chi connectivity index (χ2v) is 9.82. The van der Waals surface area contributed by atoms with E-state index >= 15 is 0 Å². The van der Waals surface area contributed by atoms with E-state index in [1.165, 1.54) is 0 Å². The largest absolute Gasteiger partial charge is 0.374 e. The molecule has 1 aliphatic heterocycles. The van der Waals surface area contributed by atoms with Gasteiger partial charge in [-0.15, -0.1) is 0 Å². The Kier molecular flexibility index (Phi) is 9.70. The summed E-state index contributed by atoms with van der Waals surface area (Å²) in [6, 6.07) is 29.2. The van der Waals surface area contributed by atoms with E-state index in [-0.39, 0.29) is 36.8 Å². The van der Waals surface area contributed by atoms with Crippen LogP contribution in [0.3, 0.4) is 0 Å². The zero-order valence-corrected chi connectivity index (χ0v) is 22.8. The van der Waals surface area contributed by atoms with Gasteiger partial charge in [0.25, 0.3) is 11.8 Å². The van der Waals surface area contributed by atoms with Crippen molar-refractivity contribution in [3.05, 3.63) is 125 Å². The average molecular weight is 572 g/mol. The highest BCUT2D eigenvalue weighted by Crippen LogP contribution is 2.39. The smallest absolute Gasteiger partial charge is 0.270 e. The van der Waals surface area contributed by atoms with Gasteiger partial charge in [-0.3, -0.25) is 20.1 Å². The number of primary amides is 1. The first kappa shape index (κ1) is 29.1. The first-order valence-electron chi connectivity index (χ1n) is 13.5. The van der Waals surface area contributed by atoms with Crippen LogP contribution in [0, 0.1) is 0 Å². The molecule has 0 spiro atoms. The minimum atomic E-state index is -0.896. The van der Waals surface area contributed by atoms with Crippen LogP contribution in [-0.4, -0.2) is 46.9 Å². The fraction of sp³-hybridized carbons (Fsp3) is 0.258. The van der Waals surface area contributed by atoms with E-state index in [0.717, 1.165) is 16.7 Å². The molecule has 1 saturated heterocycles. The lowest BCUT2D eigenvalue weighted by Crippen LogP contribution is -2.38. The van der Waals surface area contributed by atoms with Crippen LogP contribution in [0.1, 0.15) is 49.3 Å². The molecule has 11 nitrogen and oxygen atoms in total. The number of nitrogens with two attached hydrogens (primary N) is 2. The lowest BCUT2D eigenvalue weighted by atomic mass is 10.0. The Morgan fingerprint density at radius 2 is 1.33 bits per heavy atom. The number of hydrogen-bond donors (Lipinski definition) is 4. The number of aromatic nitrogens is 2. The number of nitrogens with one attached hydrogen (secondary N) is 2. The van der Waals surface area contributed by atoms with Crippen molar-refractivity contribution in [2.24, 2.45) is 11.6 Å². The minimum absolute atomic E-state index is 0.115. The Morgan fingerprint density at radius 1 is 0.810 bits per heavy atom. The molecule has 0 bridgehead atoms. The second kappa shape index (κ2) is 14.0. The van der Waals surface area contributed by atoms with E-state index in [4.69, 9.17) is 30.5 Å². The lowest BCUT2D eigenvalue weighted by molar-refractivity contribution is -0.0898. The molecule has 218 valence electrons. The summed E-state index contributed by atoms with van der Waals surface area (Å²) in [5, 5.41) is 6.77. The van der Waals surface area contributed by atoms with E-state index in [9.17, 15) is 9.59 Å². The summed E-state index contributed by atoms with van der Waals surface area (Å²) in [5.74, 6) is 3.81. The summed E-state index contributed by atoms with van der Waals surface area (Å²) < 4.78 is 25.5. The zero-order chi connectivity index (χ0) is 29.3. The van der Waals surface area contributed by atoms with Gasteiger partial charge in [0.2, 0.25) is 0 Å². The normalized spacial score (nSPS) is 19.9. The number of H-pyrrole nitrogens is 1. The average Bonchev–Trinajstić information content (AvgIpc) is 3.62. The first-order valence-corrected chi connectivity index (χ1v) is 13.5. The van der Waals surface area contributed by atoms with Gasteiger partial charge >= 0.3 is 0 Å². The van der Waals surface area contributed by atoms with E-state index in [1.807, 2.05) is 91.0 Å². The zero-order valence-electron chi connectivity index (χ0n) is 22.8. The number of hydrazine groups is 1. The molecule has 4 aromatic rings. The van der Waals surface area contributed by atoms with Gasteiger partial charge in [0.1, 0.15) is 24.4 Å². The van der Waals surface area contributed by atoms with Crippen molar-refractivity contribution in [3.63, 3.8) is 0 Å². The third kappa shape index (κ3) is 6.90. The van der Waals surface area contributed by atoms with Crippen molar-refractivity contribution in [2.75, 3.05) is 6.61 Å². The van der Waals surface area contributed by atoms with Gasteiger partial charge in [-0.25, -0.2) is 5.84 Å². The quantitative estimate of drug-likeness (QED) is 0.108. The number of aromatic amines is 1. The molecule has 1 aliphatic rings. The van der Waals surface area contributed by atoms with Crippen LogP contribution in [0.2, 0.25) is 0 Å². The molecule has 11 heteroatoms. The van der Waals surface area contributed by atoms with E-state index in [2.05, 4.69) is 15.6 Å². The third-order valence-corrected chi connectivity index (χ3v) is 6.94. The minimum Gasteiger partial charge on any atom is -0.374 e. The molecule has 5 rings (SSSR count). The molecule has 2 heterocycles. The third-order valence-electron chi connectivity index (χ3n) is 6.94. The highest BCUT2D eigenvalue weighted by atomic mass is 16.6. The van der Waals surface area contributed by atoms with Crippen LogP contribution in [-0.2, 0) is 38.8 Å². The van der Waals surface area contributed by atoms with Gasteiger partial charge in [0, 0.05) is 0 Å². The molecular weight excluding hydrogens is 538 g/mol. The summed E-state index contributed by atoms with van der Waals surface area (Å²) >= 11 is 0. The van der Waals surface area contributed by atoms with Crippen molar-refractivity contribution in [2.45, 2.75) is 44.2 Å². The number of rotatable bonds is 13. The van der Waals surface area contributed by atoms with Crippen LogP contribution in [0.15, 0.2) is 91.0 Å². The van der Waals surface area contributed by atoms with E-state index < -0.39 is 36.2 Å². The van der Waals surface area contributed by atoms with Crippen molar-refractivity contribution in [3.8, 4) is 0 Å².